The van der Waals surface area contributed by atoms with Crippen molar-refractivity contribution in [1.29, 1.82) is 0 Å². The highest BCUT2D eigenvalue weighted by Gasteiger charge is 2.29. The number of ether oxygens (including phenoxy) is 1. The molecular weight excluding hydrogens is 188 g/mol. The van der Waals surface area contributed by atoms with Gasteiger partial charge < -0.3 is 9.84 Å². The van der Waals surface area contributed by atoms with Gasteiger partial charge in [0.05, 0.1) is 6.10 Å². The topological polar surface area (TPSA) is 29.5 Å². The van der Waals surface area contributed by atoms with Crippen molar-refractivity contribution < 1.29 is 9.84 Å². The van der Waals surface area contributed by atoms with E-state index >= 15 is 0 Å². The van der Waals surface area contributed by atoms with Crippen molar-refractivity contribution in [1.82, 2.24) is 0 Å². The zero-order chi connectivity index (χ0) is 10.5. The molecule has 0 heterocycles. The molecule has 88 valence electrons. The minimum Gasteiger partial charge on any atom is -0.371 e. The van der Waals surface area contributed by atoms with Crippen molar-refractivity contribution in [3.05, 3.63) is 0 Å². The molecule has 0 amide bonds. The van der Waals surface area contributed by atoms with Gasteiger partial charge >= 0.3 is 0 Å². The molecule has 2 atom stereocenters. The molecule has 2 aliphatic carbocycles. The van der Waals surface area contributed by atoms with Crippen LogP contribution in [0, 0.1) is 11.8 Å². The summed E-state index contributed by atoms with van der Waals surface area (Å²) in [5.74, 6) is 1.85. The van der Waals surface area contributed by atoms with Crippen LogP contribution in [0.2, 0.25) is 0 Å². The number of hydrogen-bond donors (Lipinski definition) is 1. The van der Waals surface area contributed by atoms with Crippen molar-refractivity contribution in [2.45, 2.75) is 63.9 Å². The average Bonchev–Trinajstić information content (AvgIpc) is 2.31. The summed E-state index contributed by atoms with van der Waals surface area (Å²) in [5, 5.41) is 8.79. The fraction of sp³-hybridized carbons (Fsp3) is 1.00. The molecule has 1 N–H and O–H groups in total. The van der Waals surface area contributed by atoms with Gasteiger partial charge in [-0.3, -0.25) is 0 Å². The van der Waals surface area contributed by atoms with E-state index in [1.807, 2.05) is 0 Å². The van der Waals surface area contributed by atoms with E-state index < -0.39 is 0 Å². The highest BCUT2D eigenvalue weighted by molar-refractivity contribution is 4.80. The van der Waals surface area contributed by atoms with E-state index in [9.17, 15) is 0 Å². The summed E-state index contributed by atoms with van der Waals surface area (Å²) in [6.45, 7) is -0.0952. The molecule has 0 aromatic rings. The van der Waals surface area contributed by atoms with E-state index in [0.29, 0.717) is 6.10 Å². The van der Waals surface area contributed by atoms with Crippen LogP contribution in [0.4, 0.5) is 0 Å². The molecule has 15 heavy (non-hydrogen) atoms. The lowest BCUT2D eigenvalue weighted by Gasteiger charge is -2.36. The largest absolute Gasteiger partial charge is 0.371 e. The Hall–Kier alpha value is -0.0800. The van der Waals surface area contributed by atoms with Crippen LogP contribution >= 0.6 is 0 Å². The van der Waals surface area contributed by atoms with Crippen molar-refractivity contribution in [2.24, 2.45) is 11.8 Å². The summed E-state index contributed by atoms with van der Waals surface area (Å²) >= 11 is 0. The van der Waals surface area contributed by atoms with Gasteiger partial charge in [0.1, 0.15) is 6.79 Å². The Morgan fingerprint density at radius 3 is 2.33 bits per heavy atom. The van der Waals surface area contributed by atoms with Crippen LogP contribution < -0.4 is 0 Å². The van der Waals surface area contributed by atoms with Gasteiger partial charge in [-0.15, -0.1) is 0 Å². The lowest BCUT2D eigenvalue weighted by molar-refractivity contribution is -0.0753. The molecule has 2 unspecified atom stereocenters. The zero-order valence-electron chi connectivity index (χ0n) is 9.66. The molecule has 0 spiro atoms. The molecule has 0 aromatic carbocycles. The molecule has 0 radical (unpaired) electrons. The maximum absolute atomic E-state index is 8.79. The highest BCUT2D eigenvalue weighted by atomic mass is 16.6. The number of aliphatic hydroxyl groups excluding tert-OH is 1. The molecular formula is C13H24O2. The van der Waals surface area contributed by atoms with E-state index in [1.54, 1.807) is 0 Å². The van der Waals surface area contributed by atoms with Crippen molar-refractivity contribution in [3.8, 4) is 0 Å². The first-order chi connectivity index (χ1) is 7.40. The lowest BCUT2D eigenvalue weighted by Crippen LogP contribution is -2.29. The van der Waals surface area contributed by atoms with Crippen molar-refractivity contribution in [3.63, 3.8) is 0 Å². The molecule has 0 aromatic heterocycles. The number of rotatable bonds is 3. The van der Waals surface area contributed by atoms with Crippen LogP contribution in [0.1, 0.15) is 57.8 Å². The van der Waals surface area contributed by atoms with Gasteiger partial charge in [0, 0.05) is 0 Å². The van der Waals surface area contributed by atoms with Gasteiger partial charge in [0.2, 0.25) is 0 Å². The Labute approximate surface area is 93.0 Å². The molecule has 2 fully saturated rings. The number of hydrogen-bond acceptors (Lipinski definition) is 2. The molecule has 0 aliphatic heterocycles. The zero-order valence-corrected chi connectivity index (χ0v) is 9.66. The van der Waals surface area contributed by atoms with Crippen LogP contribution in [0.5, 0.6) is 0 Å². The summed E-state index contributed by atoms with van der Waals surface area (Å²) in [7, 11) is 0. The van der Waals surface area contributed by atoms with Gasteiger partial charge in [-0.25, -0.2) is 0 Å². The predicted octanol–water partition coefficient (Wildman–Crippen LogP) is 3.09. The Bertz CT molecular complexity index is 173. The second-order valence-corrected chi connectivity index (χ2v) is 5.24. The average molecular weight is 212 g/mol. The molecule has 0 bridgehead atoms. The minimum absolute atomic E-state index is 0.0952. The van der Waals surface area contributed by atoms with Crippen LogP contribution in [0.3, 0.4) is 0 Å². The maximum atomic E-state index is 8.79. The van der Waals surface area contributed by atoms with Gasteiger partial charge in [-0.2, -0.15) is 0 Å². The van der Waals surface area contributed by atoms with Gasteiger partial charge in [-0.1, -0.05) is 38.5 Å². The molecule has 2 saturated carbocycles. The molecule has 2 rings (SSSR count). The van der Waals surface area contributed by atoms with E-state index in [0.717, 1.165) is 18.3 Å². The molecule has 2 nitrogen and oxygen atoms in total. The third-order valence-electron chi connectivity index (χ3n) is 4.29. The smallest absolute Gasteiger partial charge is 0.143 e. The lowest BCUT2D eigenvalue weighted by atomic mass is 9.73. The Morgan fingerprint density at radius 2 is 1.60 bits per heavy atom. The van der Waals surface area contributed by atoms with Crippen LogP contribution in [-0.4, -0.2) is 18.0 Å². The van der Waals surface area contributed by atoms with E-state index in [2.05, 4.69) is 0 Å². The van der Waals surface area contributed by atoms with Gasteiger partial charge in [0.15, 0.2) is 0 Å². The summed E-state index contributed by atoms with van der Waals surface area (Å²) < 4.78 is 5.36. The summed E-state index contributed by atoms with van der Waals surface area (Å²) in [6, 6.07) is 0. The first-order valence-electron chi connectivity index (χ1n) is 6.62. The molecule has 0 saturated heterocycles. The predicted molar refractivity (Wildman–Crippen MR) is 60.5 cm³/mol. The van der Waals surface area contributed by atoms with Crippen LogP contribution in [0.25, 0.3) is 0 Å². The quantitative estimate of drug-likeness (QED) is 0.728. The third kappa shape index (κ3) is 3.18. The first kappa shape index (κ1) is 11.4. The fourth-order valence-corrected chi connectivity index (χ4v) is 3.47. The SMILES string of the molecule is OCOC1CCCC(C2CCCCC2)C1. The van der Waals surface area contributed by atoms with Crippen LogP contribution in [-0.2, 0) is 4.74 Å². The Kier molecular flexibility index (Phi) is 4.45. The van der Waals surface area contributed by atoms with Crippen molar-refractivity contribution in [2.75, 3.05) is 6.79 Å². The molecule has 2 aliphatic rings. The third-order valence-corrected chi connectivity index (χ3v) is 4.29. The van der Waals surface area contributed by atoms with E-state index in [4.69, 9.17) is 9.84 Å². The van der Waals surface area contributed by atoms with E-state index in [-0.39, 0.29) is 6.79 Å². The standard InChI is InChI=1S/C13H24O2/c14-10-15-13-8-4-7-12(9-13)11-5-2-1-3-6-11/h11-14H,1-10H2. The highest BCUT2D eigenvalue weighted by Crippen LogP contribution is 2.38. The van der Waals surface area contributed by atoms with Crippen molar-refractivity contribution >= 4 is 0 Å². The second-order valence-electron chi connectivity index (χ2n) is 5.24. The van der Waals surface area contributed by atoms with Gasteiger partial charge in [-0.05, 0) is 31.1 Å². The fourth-order valence-electron chi connectivity index (χ4n) is 3.47. The summed E-state index contributed by atoms with van der Waals surface area (Å²) in [4.78, 5) is 0. The normalized spacial score (nSPS) is 34.2. The Balaban J connectivity index is 1.80. The maximum Gasteiger partial charge on any atom is 0.143 e. The summed E-state index contributed by atoms with van der Waals surface area (Å²) in [5.41, 5.74) is 0. The monoisotopic (exact) mass is 212 g/mol. The van der Waals surface area contributed by atoms with Gasteiger partial charge in [0.25, 0.3) is 0 Å². The van der Waals surface area contributed by atoms with E-state index in [1.165, 1.54) is 51.4 Å². The summed E-state index contributed by atoms with van der Waals surface area (Å²) in [6.07, 6.45) is 12.6. The first-order valence-corrected chi connectivity index (χ1v) is 6.62. The Morgan fingerprint density at radius 1 is 0.867 bits per heavy atom. The number of aliphatic hydroxyl groups is 1. The minimum atomic E-state index is -0.0952. The molecule has 2 heteroatoms. The van der Waals surface area contributed by atoms with Crippen LogP contribution in [0.15, 0.2) is 0 Å². The second kappa shape index (κ2) is 5.86.